The van der Waals surface area contributed by atoms with Gasteiger partial charge in [-0.1, -0.05) is 18.2 Å². The van der Waals surface area contributed by atoms with Gasteiger partial charge in [0, 0.05) is 24.4 Å². The average Bonchev–Trinajstić information content (AvgIpc) is 2.71. The van der Waals surface area contributed by atoms with Gasteiger partial charge < -0.3 is 15.4 Å². The zero-order valence-electron chi connectivity index (χ0n) is 11.3. The Morgan fingerprint density at radius 1 is 1.40 bits per heavy atom. The highest BCUT2D eigenvalue weighted by molar-refractivity contribution is 7.91. The molecule has 0 aromatic heterocycles. The molecule has 2 amide bonds. The van der Waals surface area contributed by atoms with Crippen LogP contribution >= 0.6 is 0 Å². The molecule has 20 heavy (non-hydrogen) atoms. The molecule has 2 rings (SSSR count). The first-order valence-corrected chi connectivity index (χ1v) is 8.17. The number of methoxy groups -OCH3 is 1. The monoisotopic (exact) mass is 298 g/mol. The molecule has 1 atom stereocenters. The Labute approximate surface area is 118 Å². The number of ether oxygens (including phenoxy) is 1. The van der Waals surface area contributed by atoms with Gasteiger partial charge in [0.1, 0.15) is 0 Å². The van der Waals surface area contributed by atoms with E-state index in [0.29, 0.717) is 18.7 Å². The van der Waals surface area contributed by atoms with Crippen LogP contribution in [0.5, 0.6) is 0 Å². The zero-order valence-corrected chi connectivity index (χ0v) is 12.1. The maximum atomic E-state index is 11.9. The summed E-state index contributed by atoms with van der Waals surface area (Å²) in [7, 11) is -1.41. The smallest absolute Gasteiger partial charge is 0.319 e. The van der Waals surface area contributed by atoms with E-state index in [9.17, 15) is 13.2 Å². The fraction of sp³-hybridized carbons (Fsp3) is 0.462. The largest absolute Gasteiger partial charge is 0.380 e. The molecule has 0 spiro atoms. The van der Waals surface area contributed by atoms with Gasteiger partial charge in [-0.2, -0.15) is 0 Å². The molecule has 0 unspecified atom stereocenters. The number of amides is 2. The number of rotatable bonds is 4. The van der Waals surface area contributed by atoms with Gasteiger partial charge in [-0.3, -0.25) is 0 Å². The standard InChI is InChI=1S/C13H18N2O4S/c1-19-8-10-4-2-3-5-12(10)15-13(16)14-11-6-7-20(17,18)9-11/h2-5,11H,6-9H2,1H3,(H2,14,15,16)/t11-/m1/s1. The second-order valence-corrected chi connectivity index (χ2v) is 7.02. The highest BCUT2D eigenvalue weighted by Crippen LogP contribution is 2.16. The number of hydrogen-bond donors (Lipinski definition) is 2. The Kier molecular flexibility index (Phi) is 4.61. The van der Waals surface area contributed by atoms with E-state index in [4.69, 9.17) is 4.74 Å². The molecule has 2 N–H and O–H groups in total. The first-order valence-electron chi connectivity index (χ1n) is 6.35. The Balaban J connectivity index is 1.95. The van der Waals surface area contributed by atoms with E-state index in [2.05, 4.69) is 10.6 Å². The van der Waals surface area contributed by atoms with Crippen LogP contribution in [-0.2, 0) is 21.2 Å². The molecule has 7 heteroatoms. The summed E-state index contributed by atoms with van der Waals surface area (Å²) in [5, 5.41) is 5.41. The third-order valence-corrected chi connectivity index (χ3v) is 4.90. The van der Waals surface area contributed by atoms with E-state index < -0.39 is 15.9 Å². The minimum atomic E-state index is -2.99. The normalized spacial score (nSPS) is 20.6. The minimum absolute atomic E-state index is 0.0140. The zero-order chi connectivity index (χ0) is 14.6. The lowest BCUT2D eigenvalue weighted by Gasteiger charge is -2.14. The van der Waals surface area contributed by atoms with Crippen molar-refractivity contribution in [2.75, 3.05) is 23.9 Å². The van der Waals surface area contributed by atoms with Gasteiger partial charge in [0.15, 0.2) is 9.84 Å². The number of urea groups is 1. The first kappa shape index (κ1) is 14.8. The molecule has 0 aliphatic carbocycles. The summed E-state index contributed by atoms with van der Waals surface area (Å²) >= 11 is 0. The number of para-hydroxylation sites is 1. The fourth-order valence-electron chi connectivity index (χ4n) is 2.18. The quantitative estimate of drug-likeness (QED) is 0.873. The summed E-state index contributed by atoms with van der Waals surface area (Å²) < 4.78 is 27.7. The van der Waals surface area contributed by atoms with Gasteiger partial charge in [0.05, 0.1) is 18.1 Å². The van der Waals surface area contributed by atoms with Crippen molar-refractivity contribution in [2.45, 2.75) is 19.1 Å². The number of anilines is 1. The predicted molar refractivity (Wildman–Crippen MR) is 76.4 cm³/mol. The van der Waals surface area contributed by atoms with Gasteiger partial charge >= 0.3 is 6.03 Å². The van der Waals surface area contributed by atoms with Crippen molar-refractivity contribution in [2.24, 2.45) is 0 Å². The fourth-order valence-corrected chi connectivity index (χ4v) is 3.85. The van der Waals surface area contributed by atoms with E-state index in [0.717, 1.165) is 5.56 Å². The number of carbonyl (C=O) groups excluding carboxylic acids is 1. The van der Waals surface area contributed by atoms with Crippen LogP contribution in [-0.4, -0.2) is 39.1 Å². The van der Waals surface area contributed by atoms with E-state index >= 15 is 0 Å². The lowest BCUT2D eigenvalue weighted by Crippen LogP contribution is -2.38. The van der Waals surface area contributed by atoms with E-state index in [1.807, 2.05) is 18.2 Å². The molecule has 1 heterocycles. The van der Waals surface area contributed by atoms with Crippen molar-refractivity contribution in [1.29, 1.82) is 0 Å². The Morgan fingerprint density at radius 2 is 2.15 bits per heavy atom. The lowest BCUT2D eigenvalue weighted by atomic mass is 10.2. The van der Waals surface area contributed by atoms with Crippen molar-refractivity contribution in [3.8, 4) is 0 Å². The van der Waals surface area contributed by atoms with Crippen LogP contribution in [0.15, 0.2) is 24.3 Å². The summed E-state index contributed by atoms with van der Waals surface area (Å²) in [4.78, 5) is 11.9. The van der Waals surface area contributed by atoms with Crippen LogP contribution in [0.25, 0.3) is 0 Å². The number of hydrogen-bond acceptors (Lipinski definition) is 4. The third-order valence-electron chi connectivity index (χ3n) is 3.13. The van der Waals surface area contributed by atoms with E-state index in [-0.39, 0.29) is 17.5 Å². The molecule has 1 saturated heterocycles. The van der Waals surface area contributed by atoms with Crippen molar-refractivity contribution in [3.63, 3.8) is 0 Å². The second-order valence-electron chi connectivity index (χ2n) is 4.79. The van der Waals surface area contributed by atoms with Gasteiger partial charge in [0.25, 0.3) is 0 Å². The molecule has 0 bridgehead atoms. The SMILES string of the molecule is COCc1ccccc1NC(=O)N[C@@H]1CCS(=O)(=O)C1. The molecule has 1 aromatic carbocycles. The van der Waals surface area contributed by atoms with Crippen LogP contribution in [0.1, 0.15) is 12.0 Å². The number of carbonyl (C=O) groups is 1. The molecule has 0 radical (unpaired) electrons. The number of benzene rings is 1. The molecule has 1 aliphatic heterocycles. The first-order chi connectivity index (χ1) is 9.50. The molecule has 0 saturated carbocycles. The van der Waals surface area contributed by atoms with Crippen molar-refractivity contribution >= 4 is 21.6 Å². The molecular formula is C13H18N2O4S. The van der Waals surface area contributed by atoms with Crippen LogP contribution in [0, 0.1) is 0 Å². The summed E-state index contributed by atoms with van der Waals surface area (Å²) in [5.41, 5.74) is 1.52. The van der Waals surface area contributed by atoms with Crippen LogP contribution in [0.2, 0.25) is 0 Å². The number of nitrogens with one attached hydrogen (secondary N) is 2. The summed E-state index contributed by atoms with van der Waals surface area (Å²) in [6.07, 6.45) is 0.468. The highest BCUT2D eigenvalue weighted by Gasteiger charge is 2.28. The Hall–Kier alpha value is -1.60. The summed E-state index contributed by atoms with van der Waals surface area (Å²) in [6.45, 7) is 0.397. The van der Waals surface area contributed by atoms with Crippen molar-refractivity contribution in [1.82, 2.24) is 5.32 Å². The minimum Gasteiger partial charge on any atom is -0.380 e. The Bertz CT molecular complexity index is 586. The van der Waals surface area contributed by atoms with E-state index in [1.54, 1.807) is 13.2 Å². The average molecular weight is 298 g/mol. The topological polar surface area (TPSA) is 84.5 Å². The highest BCUT2D eigenvalue weighted by atomic mass is 32.2. The van der Waals surface area contributed by atoms with Gasteiger partial charge in [-0.05, 0) is 12.5 Å². The summed E-state index contributed by atoms with van der Waals surface area (Å²) in [6, 6.07) is 6.61. The van der Waals surface area contributed by atoms with E-state index in [1.165, 1.54) is 0 Å². The Morgan fingerprint density at radius 3 is 2.80 bits per heavy atom. The van der Waals surface area contributed by atoms with Crippen molar-refractivity contribution in [3.05, 3.63) is 29.8 Å². The summed E-state index contributed by atoms with van der Waals surface area (Å²) in [5.74, 6) is 0.151. The maximum absolute atomic E-state index is 11.9. The van der Waals surface area contributed by atoms with Crippen LogP contribution in [0.4, 0.5) is 10.5 Å². The predicted octanol–water partition coefficient (Wildman–Crippen LogP) is 1.14. The van der Waals surface area contributed by atoms with Crippen LogP contribution in [0.3, 0.4) is 0 Å². The van der Waals surface area contributed by atoms with Gasteiger partial charge in [-0.25, -0.2) is 13.2 Å². The second kappa shape index (κ2) is 6.23. The lowest BCUT2D eigenvalue weighted by molar-refractivity contribution is 0.185. The molecule has 110 valence electrons. The maximum Gasteiger partial charge on any atom is 0.319 e. The van der Waals surface area contributed by atoms with Crippen LogP contribution < -0.4 is 10.6 Å². The number of sulfone groups is 1. The van der Waals surface area contributed by atoms with Crippen molar-refractivity contribution < 1.29 is 17.9 Å². The molecule has 6 nitrogen and oxygen atoms in total. The molecule has 1 fully saturated rings. The van der Waals surface area contributed by atoms with Gasteiger partial charge in [0.2, 0.25) is 0 Å². The molecule has 1 aliphatic rings. The van der Waals surface area contributed by atoms with Gasteiger partial charge in [-0.15, -0.1) is 0 Å². The molecular weight excluding hydrogens is 280 g/mol. The third kappa shape index (κ3) is 3.94. The molecule has 1 aromatic rings.